The molecule has 1 unspecified atom stereocenters. The van der Waals surface area contributed by atoms with Gasteiger partial charge in [-0.15, -0.1) is 0 Å². The van der Waals surface area contributed by atoms with Crippen molar-refractivity contribution in [3.8, 4) is 0 Å². The summed E-state index contributed by atoms with van der Waals surface area (Å²) in [6.45, 7) is 3.63. The molecule has 0 N–H and O–H groups in total. The maximum atomic E-state index is 5.84. The fourth-order valence-electron chi connectivity index (χ4n) is 2.65. The average Bonchev–Trinajstić information content (AvgIpc) is 2.78. The Balaban J connectivity index is 1.89. The third kappa shape index (κ3) is 1.31. The minimum absolute atomic E-state index is 0.514. The molecule has 0 amide bonds. The number of hydrogen-bond acceptors (Lipinski definition) is 3. The van der Waals surface area contributed by atoms with Gasteiger partial charge in [0.25, 0.3) is 0 Å². The number of fused-ring (bicyclic) bond motifs is 2. The van der Waals surface area contributed by atoms with Gasteiger partial charge in [-0.2, -0.15) is 0 Å². The maximum Gasteiger partial charge on any atom is 0.147 e. The number of rotatable bonds is 1. The molecule has 3 atom stereocenters. The zero-order valence-electron chi connectivity index (χ0n) is 7.86. The summed E-state index contributed by atoms with van der Waals surface area (Å²) in [7, 11) is 0. The summed E-state index contributed by atoms with van der Waals surface area (Å²) in [5.41, 5.74) is 1.07. The average molecular weight is 210 g/mol. The van der Waals surface area contributed by atoms with Crippen LogP contribution in [0.4, 0.5) is 0 Å². The molecule has 14 heavy (non-hydrogen) atoms. The molecule has 1 aromatic rings. The summed E-state index contributed by atoms with van der Waals surface area (Å²) in [6, 6.07) is 0. The van der Waals surface area contributed by atoms with Gasteiger partial charge < -0.3 is 4.90 Å². The quantitative estimate of drug-likeness (QED) is 0.703. The van der Waals surface area contributed by atoms with Crippen LogP contribution in [0.3, 0.4) is 0 Å². The number of hydrogen-bond donors (Lipinski definition) is 0. The van der Waals surface area contributed by atoms with Gasteiger partial charge in [-0.1, -0.05) is 11.6 Å². The van der Waals surface area contributed by atoms with Crippen LogP contribution in [0.1, 0.15) is 18.0 Å². The molecule has 1 aromatic heterocycles. The zero-order chi connectivity index (χ0) is 9.54. The lowest BCUT2D eigenvalue weighted by Gasteiger charge is -2.20. The van der Waals surface area contributed by atoms with Gasteiger partial charge >= 0.3 is 0 Å². The van der Waals surface area contributed by atoms with Crippen molar-refractivity contribution in [3.05, 3.63) is 23.2 Å². The standard InChI is InChI=1S/C10H12ClN3/c11-10-4-12-3-9(13-10)8-6-14-2-1-7(8)5-14/h3-4,7-8H,1-2,5-6H2/t7-,8-/m0/s1. The van der Waals surface area contributed by atoms with Crippen LogP contribution in [-0.2, 0) is 0 Å². The molecule has 2 bridgehead atoms. The Labute approximate surface area is 88.1 Å². The SMILES string of the molecule is Clc1cncc([C@H]2CN3CC[C@H]2C3)n1. The Kier molecular flexibility index (Phi) is 1.96. The highest BCUT2D eigenvalue weighted by Crippen LogP contribution is 2.38. The van der Waals surface area contributed by atoms with E-state index in [0.717, 1.165) is 18.2 Å². The summed E-state index contributed by atoms with van der Waals surface area (Å²) in [5, 5.41) is 0.514. The summed E-state index contributed by atoms with van der Waals surface area (Å²) >= 11 is 5.84. The Bertz CT molecular complexity index is 355. The van der Waals surface area contributed by atoms with Crippen molar-refractivity contribution in [2.45, 2.75) is 12.3 Å². The van der Waals surface area contributed by atoms with E-state index in [-0.39, 0.29) is 0 Å². The van der Waals surface area contributed by atoms with Crippen LogP contribution >= 0.6 is 11.6 Å². The number of aromatic nitrogens is 2. The van der Waals surface area contributed by atoms with Crippen LogP contribution in [-0.4, -0.2) is 34.5 Å². The third-order valence-corrected chi connectivity index (χ3v) is 3.52. The Morgan fingerprint density at radius 3 is 2.93 bits per heavy atom. The fourth-order valence-corrected chi connectivity index (χ4v) is 2.81. The number of nitrogens with zero attached hydrogens (tertiary/aromatic N) is 3. The molecule has 74 valence electrons. The molecule has 0 aromatic carbocycles. The molecule has 3 rings (SSSR count). The topological polar surface area (TPSA) is 29.0 Å². The second kappa shape index (κ2) is 3.17. The monoisotopic (exact) mass is 209 g/mol. The highest BCUT2D eigenvalue weighted by atomic mass is 35.5. The highest BCUT2D eigenvalue weighted by Gasteiger charge is 2.39. The number of halogens is 1. The summed E-state index contributed by atoms with van der Waals surface area (Å²) in [5.74, 6) is 1.35. The van der Waals surface area contributed by atoms with E-state index in [4.69, 9.17) is 11.6 Å². The molecule has 4 heteroatoms. The first-order chi connectivity index (χ1) is 6.83. The second-order valence-electron chi connectivity index (χ2n) is 4.18. The molecule has 0 aliphatic carbocycles. The van der Waals surface area contributed by atoms with Crippen molar-refractivity contribution in [1.82, 2.24) is 14.9 Å². The molecule has 2 aliphatic heterocycles. The van der Waals surface area contributed by atoms with Crippen molar-refractivity contribution >= 4 is 11.6 Å². The highest BCUT2D eigenvalue weighted by molar-refractivity contribution is 6.29. The van der Waals surface area contributed by atoms with Crippen molar-refractivity contribution in [1.29, 1.82) is 0 Å². The van der Waals surface area contributed by atoms with Crippen LogP contribution in [0.2, 0.25) is 5.15 Å². The first-order valence-electron chi connectivity index (χ1n) is 5.03. The van der Waals surface area contributed by atoms with Gasteiger partial charge in [0.2, 0.25) is 0 Å². The molecule has 2 aliphatic rings. The van der Waals surface area contributed by atoms with E-state index in [0.29, 0.717) is 11.1 Å². The van der Waals surface area contributed by atoms with E-state index in [1.165, 1.54) is 19.5 Å². The van der Waals surface area contributed by atoms with E-state index in [2.05, 4.69) is 14.9 Å². The van der Waals surface area contributed by atoms with E-state index in [1.54, 1.807) is 6.20 Å². The molecular weight excluding hydrogens is 198 g/mol. The van der Waals surface area contributed by atoms with Crippen LogP contribution in [0.5, 0.6) is 0 Å². The summed E-state index contributed by atoms with van der Waals surface area (Å²) in [6.07, 6.45) is 4.76. The van der Waals surface area contributed by atoms with Crippen molar-refractivity contribution in [2.24, 2.45) is 5.92 Å². The van der Waals surface area contributed by atoms with E-state index in [1.807, 2.05) is 6.20 Å². The Morgan fingerprint density at radius 1 is 1.36 bits per heavy atom. The lowest BCUT2D eigenvalue weighted by molar-refractivity contribution is 0.343. The third-order valence-electron chi connectivity index (χ3n) is 3.34. The number of piperidine rings is 1. The van der Waals surface area contributed by atoms with E-state index >= 15 is 0 Å². The minimum atomic E-state index is 0.514. The summed E-state index contributed by atoms with van der Waals surface area (Å²) in [4.78, 5) is 10.9. The molecule has 0 saturated carbocycles. The van der Waals surface area contributed by atoms with Crippen molar-refractivity contribution in [2.75, 3.05) is 19.6 Å². The van der Waals surface area contributed by atoms with Gasteiger partial charge in [-0.25, -0.2) is 4.98 Å². The normalized spacial score (nSPS) is 35.1. The van der Waals surface area contributed by atoms with Crippen molar-refractivity contribution < 1.29 is 0 Å². The van der Waals surface area contributed by atoms with Crippen LogP contribution in [0, 0.1) is 5.92 Å². The molecule has 2 saturated heterocycles. The van der Waals surface area contributed by atoms with E-state index < -0.39 is 0 Å². The van der Waals surface area contributed by atoms with Crippen LogP contribution < -0.4 is 0 Å². The maximum absolute atomic E-state index is 5.84. The molecule has 2 fully saturated rings. The molecule has 0 spiro atoms. The van der Waals surface area contributed by atoms with Crippen molar-refractivity contribution in [3.63, 3.8) is 0 Å². The summed E-state index contributed by atoms with van der Waals surface area (Å²) < 4.78 is 0. The Hall–Kier alpha value is -0.670. The van der Waals surface area contributed by atoms with Crippen LogP contribution in [0.15, 0.2) is 12.4 Å². The van der Waals surface area contributed by atoms with E-state index in [9.17, 15) is 0 Å². The smallest absolute Gasteiger partial charge is 0.147 e. The predicted octanol–water partition coefficient (Wildman–Crippen LogP) is 1.55. The van der Waals surface area contributed by atoms with Gasteiger partial charge in [0.15, 0.2) is 0 Å². The lowest BCUT2D eigenvalue weighted by atomic mass is 9.90. The molecule has 0 radical (unpaired) electrons. The first-order valence-corrected chi connectivity index (χ1v) is 5.40. The molecule has 3 heterocycles. The van der Waals surface area contributed by atoms with Gasteiger partial charge in [-0.3, -0.25) is 4.98 Å². The molecule has 3 nitrogen and oxygen atoms in total. The van der Waals surface area contributed by atoms with Gasteiger partial charge in [0, 0.05) is 25.2 Å². The zero-order valence-corrected chi connectivity index (χ0v) is 8.61. The predicted molar refractivity (Wildman–Crippen MR) is 54.3 cm³/mol. The van der Waals surface area contributed by atoms with Gasteiger partial charge in [0.05, 0.1) is 11.9 Å². The Morgan fingerprint density at radius 2 is 2.29 bits per heavy atom. The minimum Gasteiger partial charge on any atom is -0.302 e. The largest absolute Gasteiger partial charge is 0.302 e. The fraction of sp³-hybridized carbons (Fsp3) is 0.600. The van der Waals surface area contributed by atoms with Crippen LogP contribution in [0.25, 0.3) is 0 Å². The van der Waals surface area contributed by atoms with Gasteiger partial charge in [-0.05, 0) is 18.9 Å². The van der Waals surface area contributed by atoms with Gasteiger partial charge in [0.1, 0.15) is 5.15 Å². The lowest BCUT2D eigenvalue weighted by Crippen LogP contribution is -2.22. The molecular formula is C10H12ClN3. The first kappa shape index (κ1) is 8.62. The second-order valence-corrected chi connectivity index (χ2v) is 4.57.